The van der Waals surface area contributed by atoms with Gasteiger partial charge in [-0.05, 0) is 24.6 Å². The number of furan rings is 1. The molecule has 2 aromatic heterocycles. The fourth-order valence-electron chi connectivity index (χ4n) is 3.89. The van der Waals surface area contributed by atoms with E-state index in [9.17, 15) is 9.90 Å². The number of para-hydroxylation sites is 2. The molecule has 1 N–H and O–H groups in total. The molecule has 0 aliphatic carbocycles. The number of benzene rings is 3. The van der Waals surface area contributed by atoms with E-state index in [-0.39, 0.29) is 5.56 Å². The van der Waals surface area contributed by atoms with Crippen LogP contribution < -0.4 is 0 Å². The Morgan fingerprint density at radius 2 is 1.52 bits per heavy atom. The van der Waals surface area contributed by atoms with Crippen molar-refractivity contribution in [1.82, 2.24) is 4.98 Å². The van der Waals surface area contributed by atoms with Crippen molar-refractivity contribution in [2.24, 2.45) is 0 Å². The maximum atomic E-state index is 12.5. The Kier molecular flexibility index (Phi) is 3.91. The second kappa shape index (κ2) is 6.60. The number of rotatable bonds is 3. The summed E-state index contributed by atoms with van der Waals surface area (Å²) in [6.07, 6.45) is 0. The molecule has 0 spiro atoms. The molecule has 29 heavy (non-hydrogen) atoms. The lowest BCUT2D eigenvalue weighted by molar-refractivity contribution is 0.0698. The molecule has 4 heteroatoms. The number of aromatic carboxylic acids is 1. The Labute approximate surface area is 167 Å². The third-order valence-corrected chi connectivity index (χ3v) is 5.23. The Bertz CT molecular complexity index is 1380. The molecule has 0 aliphatic heterocycles. The van der Waals surface area contributed by atoms with Gasteiger partial charge in [-0.25, -0.2) is 9.78 Å². The summed E-state index contributed by atoms with van der Waals surface area (Å²) in [5.41, 5.74) is 4.31. The van der Waals surface area contributed by atoms with Gasteiger partial charge in [0.05, 0.1) is 11.1 Å². The molecule has 0 aliphatic rings. The Hall–Kier alpha value is -3.92. The van der Waals surface area contributed by atoms with Crippen LogP contribution in [0.4, 0.5) is 0 Å². The van der Waals surface area contributed by atoms with E-state index in [1.807, 2.05) is 85.8 Å². The Morgan fingerprint density at radius 1 is 0.862 bits per heavy atom. The van der Waals surface area contributed by atoms with Crippen molar-refractivity contribution in [3.63, 3.8) is 0 Å². The molecule has 0 bridgehead atoms. The highest BCUT2D eigenvalue weighted by atomic mass is 16.4. The third-order valence-electron chi connectivity index (χ3n) is 5.23. The molecule has 0 fully saturated rings. The van der Waals surface area contributed by atoms with Gasteiger partial charge in [-0.2, -0.15) is 0 Å². The molecule has 5 aromatic rings. The van der Waals surface area contributed by atoms with Crippen molar-refractivity contribution in [3.05, 3.63) is 90.0 Å². The average molecular weight is 379 g/mol. The van der Waals surface area contributed by atoms with E-state index >= 15 is 0 Å². The zero-order valence-electron chi connectivity index (χ0n) is 15.7. The first-order chi connectivity index (χ1) is 14.1. The fourth-order valence-corrected chi connectivity index (χ4v) is 3.89. The third kappa shape index (κ3) is 2.69. The van der Waals surface area contributed by atoms with E-state index in [1.54, 1.807) is 0 Å². The van der Waals surface area contributed by atoms with Crippen LogP contribution in [0.5, 0.6) is 0 Å². The predicted octanol–water partition coefficient (Wildman–Crippen LogP) is 6.32. The summed E-state index contributed by atoms with van der Waals surface area (Å²) in [5, 5.41) is 12.0. The minimum Gasteiger partial charge on any atom is -0.478 e. The van der Waals surface area contributed by atoms with Crippen molar-refractivity contribution in [3.8, 4) is 22.6 Å². The van der Waals surface area contributed by atoms with Crippen molar-refractivity contribution < 1.29 is 14.3 Å². The van der Waals surface area contributed by atoms with Crippen LogP contribution in [0.2, 0.25) is 0 Å². The topological polar surface area (TPSA) is 63.3 Å². The van der Waals surface area contributed by atoms with E-state index in [1.165, 1.54) is 0 Å². The number of aromatic nitrogens is 1. The first-order valence-electron chi connectivity index (χ1n) is 9.35. The Balaban J connectivity index is 1.95. The summed E-state index contributed by atoms with van der Waals surface area (Å²) in [6, 6.07) is 24.9. The van der Waals surface area contributed by atoms with E-state index < -0.39 is 5.97 Å². The molecule has 0 saturated carbocycles. The lowest BCUT2D eigenvalue weighted by Crippen LogP contribution is -2.06. The van der Waals surface area contributed by atoms with Gasteiger partial charge in [0.15, 0.2) is 5.76 Å². The number of fused-ring (bicyclic) bond motifs is 2. The number of carbonyl (C=O) groups is 1. The second-order valence-corrected chi connectivity index (χ2v) is 6.95. The van der Waals surface area contributed by atoms with Crippen molar-refractivity contribution >= 4 is 27.8 Å². The van der Waals surface area contributed by atoms with Crippen LogP contribution >= 0.6 is 0 Å². The summed E-state index contributed by atoms with van der Waals surface area (Å²) in [4.78, 5) is 17.2. The molecule has 2 heterocycles. The van der Waals surface area contributed by atoms with Crippen LogP contribution in [-0.4, -0.2) is 16.1 Å². The van der Waals surface area contributed by atoms with E-state index in [2.05, 4.69) is 0 Å². The number of hydrogen-bond donors (Lipinski definition) is 1. The molecular formula is C25H17NO3. The first kappa shape index (κ1) is 17.2. The van der Waals surface area contributed by atoms with Crippen molar-refractivity contribution in [1.29, 1.82) is 0 Å². The molecule has 0 radical (unpaired) electrons. The molecule has 5 rings (SSSR count). The Morgan fingerprint density at radius 3 is 2.24 bits per heavy atom. The van der Waals surface area contributed by atoms with Crippen LogP contribution in [0.15, 0.2) is 83.3 Å². The smallest absolute Gasteiger partial charge is 0.338 e. The molecule has 140 valence electrons. The largest absolute Gasteiger partial charge is 0.478 e. The van der Waals surface area contributed by atoms with Gasteiger partial charge in [0.25, 0.3) is 0 Å². The number of nitrogens with zero attached hydrogens (tertiary/aromatic N) is 1. The minimum atomic E-state index is -1.03. The van der Waals surface area contributed by atoms with Gasteiger partial charge in [-0.15, -0.1) is 0 Å². The predicted molar refractivity (Wildman–Crippen MR) is 114 cm³/mol. The number of carboxylic acid groups (broad SMARTS) is 1. The monoisotopic (exact) mass is 379 g/mol. The SMILES string of the molecule is Cc1c(-c2nc3ccccc3c(-c3ccccc3)c2C(=O)O)oc2ccccc12. The zero-order chi connectivity index (χ0) is 20.0. The highest BCUT2D eigenvalue weighted by molar-refractivity contribution is 6.11. The number of carboxylic acids is 1. The second-order valence-electron chi connectivity index (χ2n) is 6.95. The molecule has 0 saturated heterocycles. The van der Waals surface area contributed by atoms with Gasteiger partial charge >= 0.3 is 5.97 Å². The lowest BCUT2D eigenvalue weighted by Gasteiger charge is -2.14. The maximum Gasteiger partial charge on any atom is 0.338 e. The van der Waals surface area contributed by atoms with Gasteiger partial charge in [-0.3, -0.25) is 0 Å². The quantitative estimate of drug-likeness (QED) is 0.398. The molecule has 0 atom stereocenters. The molecule has 0 amide bonds. The van der Waals surface area contributed by atoms with Crippen LogP contribution in [-0.2, 0) is 0 Å². The van der Waals surface area contributed by atoms with Crippen LogP contribution in [0, 0.1) is 6.92 Å². The van der Waals surface area contributed by atoms with E-state index in [4.69, 9.17) is 9.40 Å². The number of pyridine rings is 1. The first-order valence-corrected chi connectivity index (χ1v) is 9.35. The number of aryl methyl sites for hydroxylation is 1. The summed E-state index contributed by atoms with van der Waals surface area (Å²) >= 11 is 0. The van der Waals surface area contributed by atoms with Gasteiger partial charge < -0.3 is 9.52 Å². The van der Waals surface area contributed by atoms with Crippen molar-refractivity contribution in [2.75, 3.05) is 0 Å². The average Bonchev–Trinajstić information content (AvgIpc) is 3.09. The summed E-state index contributed by atoms with van der Waals surface area (Å²) in [5.74, 6) is -0.538. The zero-order valence-corrected chi connectivity index (χ0v) is 15.7. The van der Waals surface area contributed by atoms with Gasteiger partial charge in [0, 0.05) is 21.9 Å². The van der Waals surface area contributed by atoms with Crippen LogP contribution in [0.25, 0.3) is 44.5 Å². The summed E-state index contributed by atoms with van der Waals surface area (Å²) in [6.45, 7) is 1.94. The van der Waals surface area contributed by atoms with E-state index in [0.29, 0.717) is 22.6 Å². The number of hydrogen-bond acceptors (Lipinski definition) is 3. The van der Waals surface area contributed by atoms with Gasteiger partial charge in [-0.1, -0.05) is 66.7 Å². The standard InChI is InChI=1S/C25H17NO3/c1-15-17-11-6-8-14-20(17)29-24(15)23-22(25(27)28)21(16-9-3-2-4-10-16)18-12-5-7-13-19(18)26-23/h2-14H,1H3,(H,27,28). The fraction of sp³-hybridized carbons (Fsp3) is 0.0400. The van der Waals surface area contributed by atoms with E-state index in [0.717, 1.165) is 27.4 Å². The lowest BCUT2D eigenvalue weighted by atomic mass is 9.93. The summed E-state index contributed by atoms with van der Waals surface area (Å²) in [7, 11) is 0. The minimum absolute atomic E-state index is 0.150. The van der Waals surface area contributed by atoms with Crippen LogP contribution in [0.1, 0.15) is 15.9 Å². The molecule has 0 unspecified atom stereocenters. The van der Waals surface area contributed by atoms with Crippen molar-refractivity contribution in [2.45, 2.75) is 6.92 Å². The normalized spacial score (nSPS) is 11.2. The molecule has 3 aromatic carbocycles. The van der Waals surface area contributed by atoms with Crippen LogP contribution in [0.3, 0.4) is 0 Å². The van der Waals surface area contributed by atoms with Gasteiger partial charge in [0.2, 0.25) is 0 Å². The highest BCUT2D eigenvalue weighted by Gasteiger charge is 2.26. The molecule has 4 nitrogen and oxygen atoms in total. The van der Waals surface area contributed by atoms with Gasteiger partial charge in [0.1, 0.15) is 11.3 Å². The summed E-state index contributed by atoms with van der Waals surface area (Å²) < 4.78 is 6.09. The molecular weight excluding hydrogens is 362 g/mol. The highest BCUT2D eigenvalue weighted by Crippen LogP contribution is 2.40. The maximum absolute atomic E-state index is 12.5.